The van der Waals surface area contributed by atoms with Gasteiger partial charge in [-0.2, -0.15) is 5.10 Å². The van der Waals surface area contributed by atoms with Gasteiger partial charge in [0.25, 0.3) is 0 Å². The van der Waals surface area contributed by atoms with E-state index in [4.69, 9.17) is 14.7 Å². The Labute approximate surface area is 201 Å². The van der Waals surface area contributed by atoms with Gasteiger partial charge in [-0.15, -0.1) is 0 Å². The number of hydrogen-bond acceptors (Lipinski definition) is 6. The number of hydrogen-bond donors (Lipinski definition) is 0. The molecule has 6 rings (SSSR count). The van der Waals surface area contributed by atoms with Gasteiger partial charge in [0, 0.05) is 35.9 Å². The molecular formula is C26H26F2N6O. The molecule has 35 heavy (non-hydrogen) atoms. The van der Waals surface area contributed by atoms with E-state index in [9.17, 15) is 8.78 Å². The van der Waals surface area contributed by atoms with Crippen LogP contribution >= 0.6 is 0 Å². The number of aryl methyl sites for hydroxylation is 2. The van der Waals surface area contributed by atoms with Crippen LogP contribution in [0.2, 0.25) is 0 Å². The Kier molecular flexibility index (Phi) is 5.51. The Morgan fingerprint density at radius 3 is 2.60 bits per heavy atom. The number of benzene rings is 1. The lowest BCUT2D eigenvalue weighted by atomic mass is 9.91. The molecule has 4 aromatic rings. The van der Waals surface area contributed by atoms with Crippen LogP contribution < -0.4 is 0 Å². The molecule has 1 aliphatic heterocycles. The third-order valence-corrected chi connectivity index (χ3v) is 7.24. The zero-order chi connectivity index (χ0) is 24.1. The fraction of sp³-hybridized carbons (Fsp3) is 0.423. The minimum Gasteiger partial charge on any atom is -0.373 e. The number of nitrogens with zero attached hydrogens (tertiary/aromatic N) is 6. The molecule has 1 aliphatic carbocycles. The topological polar surface area (TPSA) is 78.6 Å². The maximum absolute atomic E-state index is 14.8. The Balaban J connectivity index is 1.39. The van der Waals surface area contributed by atoms with Crippen molar-refractivity contribution in [3.63, 3.8) is 0 Å². The minimum atomic E-state index is -0.691. The number of aromatic nitrogens is 6. The standard InChI is InChI=1S/C26H26F2N6O/c1-14-15(2)31-26-24(30-14)23(20-7-6-18(27)11-21(20)28)32-25(33-26)16-8-9-35-22(10-16)17-12-29-34(13-17)19-4-3-5-19/h6-7,11-13,16,19,22H,3-5,8-10H2,1-2H3/t16-,22-/m1/s1. The van der Waals surface area contributed by atoms with Gasteiger partial charge in [0.2, 0.25) is 0 Å². The molecule has 0 radical (unpaired) electrons. The molecule has 4 heterocycles. The second kappa shape index (κ2) is 8.71. The van der Waals surface area contributed by atoms with Crippen LogP contribution in [-0.2, 0) is 4.74 Å². The van der Waals surface area contributed by atoms with Crippen molar-refractivity contribution in [2.45, 2.75) is 64.0 Å². The first kappa shape index (κ1) is 22.2. The van der Waals surface area contributed by atoms with Crippen LogP contribution in [0.15, 0.2) is 30.6 Å². The van der Waals surface area contributed by atoms with Crippen molar-refractivity contribution in [3.05, 3.63) is 65.0 Å². The summed E-state index contributed by atoms with van der Waals surface area (Å²) in [5.41, 5.74) is 3.86. The van der Waals surface area contributed by atoms with Gasteiger partial charge in [0.05, 0.1) is 29.7 Å². The summed E-state index contributed by atoms with van der Waals surface area (Å²) >= 11 is 0. The summed E-state index contributed by atoms with van der Waals surface area (Å²) in [5.74, 6) is -0.758. The fourth-order valence-electron chi connectivity index (χ4n) is 4.81. The quantitative estimate of drug-likeness (QED) is 0.385. The van der Waals surface area contributed by atoms with E-state index in [-0.39, 0.29) is 17.6 Å². The van der Waals surface area contributed by atoms with E-state index in [1.54, 1.807) is 0 Å². The van der Waals surface area contributed by atoms with E-state index in [0.29, 0.717) is 47.4 Å². The average Bonchev–Trinajstić information content (AvgIpc) is 3.28. The van der Waals surface area contributed by atoms with Gasteiger partial charge in [0.15, 0.2) is 5.65 Å². The van der Waals surface area contributed by atoms with E-state index >= 15 is 0 Å². The van der Waals surface area contributed by atoms with Gasteiger partial charge < -0.3 is 4.74 Å². The summed E-state index contributed by atoms with van der Waals surface area (Å²) in [7, 11) is 0. The highest BCUT2D eigenvalue weighted by molar-refractivity contribution is 5.87. The van der Waals surface area contributed by atoms with Crippen LogP contribution in [0.3, 0.4) is 0 Å². The Bertz CT molecular complexity index is 1420. The molecule has 1 saturated heterocycles. The molecular weight excluding hydrogens is 450 g/mol. The molecule has 0 N–H and O–H groups in total. The molecule has 1 saturated carbocycles. The summed E-state index contributed by atoms with van der Waals surface area (Å²) in [4.78, 5) is 18.8. The molecule has 0 amide bonds. The Morgan fingerprint density at radius 2 is 1.83 bits per heavy atom. The monoisotopic (exact) mass is 476 g/mol. The van der Waals surface area contributed by atoms with Crippen molar-refractivity contribution >= 4 is 11.2 Å². The fourth-order valence-corrected chi connectivity index (χ4v) is 4.81. The van der Waals surface area contributed by atoms with Crippen molar-refractivity contribution < 1.29 is 13.5 Å². The van der Waals surface area contributed by atoms with E-state index in [1.807, 2.05) is 20.0 Å². The first-order valence-corrected chi connectivity index (χ1v) is 12.1. The number of fused-ring (bicyclic) bond motifs is 1. The van der Waals surface area contributed by atoms with E-state index < -0.39 is 11.6 Å². The second-order valence-corrected chi connectivity index (χ2v) is 9.54. The normalized spacial score (nSPS) is 20.8. The van der Waals surface area contributed by atoms with Crippen molar-refractivity contribution in [2.24, 2.45) is 0 Å². The third-order valence-electron chi connectivity index (χ3n) is 7.24. The lowest BCUT2D eigenvalue weighted by molar-refractivity contribution is 0.00391. The molecule has 0 spiro atoms. The van der Waals surface area contributed by atoms with Crippen LogP contribution in [0.4, 0.5) is 8.78 Å². The number of rotatable bonds is 4. The van der Waals surface area contributed by atoms with Crippen molar-refractivity contribution in [2.75, 3.05) is 6.61 Å². The Morgan fingerprint density at radius 1 is 1.00 bits per heavy atom. The molecule has 0 unspecified atom stereocenters. The highest BCUT2D eigenvalue weighted by Gasteiger charge is 2.30. The zero-order valence-electron chi connectivity index (χ0n) is 19.7. The Hall–Kier alpha value is -3.33. The third kappa shape index (κ3) is 4.07. The largest absolute Gasteiger partial charge is 0.373 e. The first-order chi connectivity index (χ1) is 17.0. The lowest BCUT2D eigenvalue weighted by Gasteiger charge is -2.29. The second-order valence-electron chi connectivity index (χ2n) is 9.54. The van der Waals surface area contributed by atoms with Crippen LogP contribution in [0.1, 0.15) is 72.9 Å². The molecule has 7 nitrogen and oxygen atoms in total. The predicted octanol–water partition coefficient (Wildman–Crippen LogP) is 5.54. The van der Waals surface area contributed by atoms with Crippen LogP contribution in [0, 0.1) is 25.5 Å². The van der Waals surface area contributed by atoms with Gasteiger partial charge in [-0.1, -0.05) is 0 Å². The maximum Gasteiger partial charge on any atom is 0.182 e. The highest BCUT2D eigenvalue weighted by atomic mass is 19.1. The summed E-state index contributed by atoms with van der Waals surface area (Å²) in [5, 5.41) is 4.56. The molecule has 2 aliphatic rings. The number of halogens is 2. The molecule has 9 heteroatoms. The van der Waals surface area contributed by atoms with Gasteiger partial charge in [0.1, 0.15) is 28.7 Å². The van der Waals surface area contributed by atoms with Gasteiger partial charge in [-0.3, -0.25) is 4.68 Å². The lowest BCUT2D eigenvalue weighted by Crippen LogP contribution is -2.21. The van der Waals surface area contributed by atoms with Crippen LogP contribution in [0.5, 0.6) is 0 Å². The zero-order valence-corrected chi connectivity index (χ0v) is 19.7. The summed E-state index contributed by atoms with van der Waals surface area (Å²) < 4.78 is 36.6. The maximum atomic E-state index is 14.8. The number of ether oxygens (including phenoxy) is 1. The summed E-state index contributed by atoms with van der Waals surface area (Å²) in [6, 6.07) is 3.98. The first-order valence-electron chi connectivity index (χ1n) is 12.1. The van der Waals surface area contributed by atoms with Crippen molar-refractivity contribution in [3.8, 4) is 11.3 Å². The predicted molar refractivity (Wildman–Crippen MR) is 126 cm³/mol. The summed E-state index contributed by atoms with van der Waals surface area (Å²) in [6.45, 7) is 4.27. The van der Waals surface area contributed by atoms with Crippen molar-refractivity contribution in [1.29, 1.82) is 0 Å². The van der Waals surface area contributed by atoms with Crippen LogP contribution in [-0.4, -0.2) is 36.3 Å². The molecule has 2 fully saturated rings. The van der Waals surface area contributed by atoms with E-state index in [0.717, 1.165) is 23.7 Å². The van der Waals surface area contributed by atoms with Gasteiger partial charge >= 0.3 is 0 Å². The smallest absolute Gasteiger partial charge is 0.182 e. The molecule has 0 bridgehead atoms. The van der Waals surface area contributed by atoms with Crippen LogP contribution in [0.25, 0.3) is 22.4 Å². The highest BCUT2D eigenvalue weighted by Crippen LogP contribution is 2.39. The average molecular weight is 477 g/mol. The SMILES string of the molecule is Cc1nc2nc([C@@H]3CCO[C@@H](c4cnn(C5CCC5)c4)C3)nc(-c3ccc(F)cc3F)c2nc1C. The van der Waals surface area contributed by atoms with E-state index in [1.165, 1.54) is 31.4 Å². The minimum absolute atomic E-state index is 0.00382. The van der Waals surface area contributed by atoms with Crippen molar-refractivity contribution in [1.82, 2.24) is 29.7 Å². The molecule has 2 atom stereocenters. The van der Waals surface area contributed by atoms with Gasteiger partial charge in [-0.25, -0.2) is 28.7 Å². The molecule has 1 aromatic carbocycles. The molecule has 180 valence electrons. The van der Waals surface area contributed by atoms with E-state index in [2.05, 4.69) is 25.9 Å². The molecule has 3 aromatic heterocycles. The van der Waals surface area contributed by atoms with Gasteiger partial charge in [-0.05, 0) is 58.1 Å². The summed E-state index contributed by atoms with van der Waals surface area (Å²) in [6.07, 6.45) is 8.89.